The van der Waals surface area contributed by atoms with Gasteiger partial charge in [0.25, 0.3) is 0 Å². The Balaban J connectivity index is 1.70. The molecule has 1 aliphatic carbocycles. The fourth-order valence-corrected chi connectivity index (χ4v) is 4.48. The Kier molecular flexibility index (Phi) is 7.81. The average Bonchev–Trinajstić information content (AvgIpc) is 3.47. The summed E-state index contributed by atoms with van der Waals surface area (Å²) in [6, 6.07) is 14.3. The Labute approximate surface area is 193 Å². The summed E-state index contributed by atoms with van der Waals surface area (Å²) in [4.78, 5) is 30.4. The summed E-state index contributed by atoms with van der Waals surface area (Å²) in [6.45, 7) is 10.0. The second-order valence-corrected chi connectivity index (χ2v) is 10.7. The highest BCUT2D eigenvalue weighted by atomic mass is 16.2. The van der Waals surface area contributed by atoms with Crippen molar-refractivity contribution < 1.29 is 9.59 Å². The molecule has 0 radical (unpaired) electrons. The molecule has 0 spiro atoms. The number of carbonyl (C=O) groups excluding carboxylic acids is 2. The van der Waals surface area contributed by atoms with Crippen molar-refractivity contribution >= 4 is 11.8 Å². The van der Waals surface area contributed by atoms with Crippen molar-refractivity contribution in [3.63, 3.8) is 0 Å². The van der Waals surface area contributed by atoms with Gasteiger partial charge in [-0.1, -0.05) is 58.0 Å². The van der Waals surface area contributed by atoms with E-state index in [4.69, 9.17) is 0 Å². The Hall–Kier alpha value is -2.56. The van der Waals surface area contributed by atoms with E-state index in [0.29, 0.717) is 25.4 Å². The van der Waals surface area contributed by atoms with Crippen molar-refractivity contribution in [3.05, 3.63) is 59.9 Å². The first-order valence-corrected chi connectivity index (χ1v) is 11.8. The third-order valence-corrected chi connectivity index (χ3v) is 6.07. The molecule has 1 saturated carbocycles. The van der Waals surface area contributed by atoms with E-state index in [1.165, 1.54) is 0 Å². The summed E-state index contributed by atoms with van der Waals surface area (Å²) in [7, 11) is 2.00. The summed E-state index contributed by atoms with van der Waals surface area (Å²) >= 11 is 0. The highest BCUT2D eigenvalue weighted by molar-refractivity contribution is 5.85. The van der Waals surface area contributed by atoms with Crippen LogP contribution in [0, 0.1) is 11.3 Å². The van der Waals surface area contributed by atoms with Crippen LogP contribution < -0.4 is 0 Å². The monoisotopic (exact) mass is 437 g/mol. The normalized spacial score (nSPS) is 14.8. The second-order valence-electron chi connectivity index (χ2n) is 10.7. The van der Waals surface area contributed by atoms with Gasteiger partial charge in [-0.3, -0.25) is 9.59 Å². The molecule has 0 bridgehead atoms. The van der Waals surface area contributed by atoms with E-state index in [9.17, 15) is 9.59 Å². The zero-order valence-electron chi connectivity index (χ0n) is 20.4. The van der Waals surface area contributed by atoms with Gasteiger partial charge in [0.1, 0.15) is 6.54 Å². The Morgan fingerprint density at radius 1 is 1.03 bits per heavy atom. The van der Waals surface area contributed by atoms with E-state index in [1.54, 1.807) is 0 Å². The molecule has 1 aromatic carbocycles. The zero-order valence-corrected chi connectivity index (χ0v) is 20.4. The molecule has 0 aliphatic heterocycles. The quantitative estimate of drug-likeness (QED) is 0.525. The van der Waals surface area contributed by atoms with E-state index < -0.39 is 0 Å². The van der Waals surface area contributed by atoms with Gasteiger partial charge in [0.2, 0.25) is 11.8 Å². The first-order valence-electron chi connectivity index (χ1n) is 11.8. The van der Waals surface area contributed by atoms with Gasteiger partial charge >= 0.3 is 0 Å². The summed E-state index contributed by atoms with van der Waals surface area (Å²) in [6.07, 6.45) is 5.51. The lowest BCUT2D eigenvalue weighted by Crippen LogP contribution is -2.44. The van der Waals surface area contributed by atoms with Crippen molar-refractivity contribution in [1.82, 2.24) is 14.4 Å². The maximum Gasteiger partial charge on any atom is 0.242 e. The van der Waals surface area contributed by atoms with Crippen molar-refractivity contribution in [3.8, 4) is 0 Å². The zero-order chi connectivity index (χ0) is 23.3. The summed E-state index contributed by atoms with van der Waals surface area (Å²) in [5, 5.41) is 0. The molecule has 0 saturated heterocycles. The minimum Gasteiger partial charge on any atom is -0.353 e. The number of carbonyl (C=O) groups is 2. The van der Waals surface area contributed by atoms with Crippen LogP contribution in [0.3, 0.4) is 0 Å². The van der Waals surface area contributed by atoms with E-state index in [1.807, 2.05) is 70.1 Å². The van der Waals surface area contributed by atoms with Crippen LogP contribution in [0.1, 0.15) is 64.6 Å². The first-order chi connectivity index (χ1) is 15.1. The molecule has 5 nitrogen and oxygen atoms in total. The molecule has 0 N–H and O–H groups in total. The average molecular weight is 438 g/mol. The highest BCUT2D eigenvalue weighted by Crippen LogP contribution is 2.30. The lowest BCUT2D eigenvalue weighted by Gasteiger charge is -2.29. The van der Waals surface area contributed by atoms with Crippen LogP contribution in [0.5, 0.6) is 0 Å². The molecule has 32 heavy (non-hydrogen) atoms. The molecule has 1 fully saturated rings. The molecule has 3 rings (SSSR count). The molecule has 2 amide bonds. The van der Waals surface area contributed by atoms with E-state index in [-0.39, 0.29) is 29.8 Å². The van der Waals surface area contributed by atoms with Crippen LogP contribution in [0.2, 0.25) is 0 Å². The van der Waals surface area contributed by atoms with Crippen molar-refractivity contribution in [2.75, 3.05) is 6.54 Å². The number of rotatable bonds is 10. The minimum absolute atomic E-state index is 0.0128. The third kappa shape index (κ3) is 7.25. The third-order valence-electron chi connectivity index (χ3n) is 6.07. The van der Waals surface area contributed by atoms with Crippen LogP contribution in [-0.2, 0) is 29.7 Å². The Bertz CT molecular complexity index is 893. The smallest absolute Gasteiger partial charge is 0.242 e. The molecular formula is C27H39N3O2. The lowest BCUT2D eigenvalue weighted by atomic mass is 9.84. The lowest BCUT2D eigenvalue weighted by molar-refractivity contribution is -0.142. The molecule has 5 heteroatoms. The number of nitrogens with zero attached hydrogens (tertiary/aromatic N) is 3. The van der Waals surface area contributed by atoms with Gasteiger partial charge in [-0.05, 0) is 48.3 Å². The molecule has 1 atom stereocenters. The van der Waals surface area contributed by atoms with Crippen LogP contribution in [0.15, 0.2) is 48.7 Å². The van der Waals surface area contributed by atoms with Gasteiger partial charge in [0.05, 0.1) is 6.54 Å². The fourth-order valence-electron chi connectivity index (χ4n) is 4.48. The number of hydrogen-bond acceptors (Lipinski definition) is 2. The molecular weight excluding hydrogens is 398 g/mol. The van der Waals surface area contributed by atoms with Crippen LogP contribution in [0.25, 0.3) is 0 Å². The standard InChI is InChI=1S/C27H39N3O2/c1-21(17-27(2,3)4)16-25(31)30(23-13-14-23)20-26(32)29(18-22-10-7-6-8-11-22)19-24-12-9-15-28(24)5/h6-12,15,21,23H,13-14,16-20H2,1-5H3. The maximum atomic E-state index is 13.5. The number of aromatic nitrogens is 1. The van der Waals surface area contributed by atoms with Gasteiger partial charge in [-0.25, -0.2) is 0 Å². The summed E-state index contributed by atoms with van der Waals surface area (Å²) in [5.41, 5.74) is 2.37. The van der Waals surface area contributed by atoms with Crippen LogP contribution >= 0.6 is 0 Å². The predicted octanol–water partition coefficient (Wildman–Crippen LogP) is 5.01. The molecule has 174 valence electrons. The largest absolute Gasteiger partial charge is 0.353 e. The molecule has 1 aromatic heterocycles. The van der Waals surface area contributed by atoms with Crippen LogP contribution in [-0.4, -0.2) is 38.8 Å². The SMILES string of the molecule is CC(CC(=O)N(CC(=O)N(Cc1ccccc1)Cc1cccn1C)C1CC1)CC(C)(C)C. The number of amides is 2. The summed E-state index contributed by atoms with van der Waals surface area (Å²) < 4.78 is 2.04. The first kappa shape index (κ1) is 24.1. The van der Waals surface area contributed by atoms with Crippen LogP contribution in [0.4, 0.5) is 0 Å². The minimum atomic E-state index is 0.0128. The topological polar surface area (TPSA) is 45.6 Å². The predicted molar refractivity (Wildman–Crippen MR) is 129 cm³/mol. The highest BCUT2D eigenvalue weighted by Gasteiger charge is 2.35. The van der Waals surface area contributed by atoms with Gasteiger partial charge in [0.15, 0.2) is 0 Å². The van der Waals surface area contributed by atoms with E-state index in [0.717, 1.165) is 30.5 Å². The molecule has 1 heterocycles. The van der Waals surface area contributed by atoms with Gasteiger partial charge in [-0.2, -0.15) is 0 Å². The van der Waals surface area contributed by atoms with E-state index in [2.05, 4.69) is 27.7 Å². The van der Waals surface area contributed by atoms with Crippen molar-refractivity contribution in [1.29, 1.82) is 0 Å². The van der Waals surface area contributed by atoms with Gasteiger partial charge in [0, 0.05) is 37.9 Å². The Morgan fingerprint density at radius 3 is 2.28 bits per heavy atom. The van der Waals surface area contributed by atoms with Gasteiger partial charge < -0.3 is 14.4 Å². The molecule has 1 unspecified atom stereocenters. The molecule has 1 aliphatic rings. The van der Waals surface area contributed by atoms with Crippen molar-refractivity contribution in [2.24, 2.45) is 18.4 Å². The Morgan fingerprint density at radius 2 is 1.72 bits per heavy atom. The van der Waals surface area contributed by atoms with Gasteiger partial charge in [-0.15, -0.1) is 0 Å². The van der Waals surface area contributed by atoms with E-state index >= 15 is 0 Å². The number of hydrogen-bond donors (Lipinski definition) is 0. The fraction of sp³-hybridized carbons (Fsp3) is 0.556. The van der Waals surface area contributed by atoms with Crippen molar-refractivity contribution in [2.45, 2.75) is 72.5 Å². The second kappa shape index (κ2) is 10.4. The summed E-state index contributed by atoms with van der Waals surface area (Å²) in [5.74, 6) is 0.442. The number of aryl methyl sites for hydroxylation is 1. The maximum absolute atomic E-state index is 13.5. The molecule has 2 aromatic rings. The number of benzene rings is 1.